The lowest BCUT2D eigenvalue weighted by Crippen LogP contribution is -2.48. The number of benzene rings is 2. The number of thiophene rings is 1. The smallest absolute Gasteiger partial charge is 0.422 e. The first kappa shape index (κ1) is 34.3. The van der Waals surface area contributed by atoms with Gasteiger partial charge in [0.15, 0.2) is 6.61 Å². The number of fused-ring (bicyclic) bond motifs is 1. The second-order valence-electron chi connectivity index (χ2n) is 11.8. The lowest BCUT2D eigenvalue weighted by molar-refractivity contribution is -0.153. The van der Waals surface area contributed by atoms with Crippen LogP contribution < -0.4 is 14.2 Å². The summed E-state index contributed by atoms with van der Waals surface area (Å²) in [5.41, 5.74) is 2.60. The van der Waals surface area contributed by atoms with Gasteiger partial charge in [-0.3, -0.25) is 14.4 Å². The van der Waals surface area contributed by atoms with Crippen molar-refractivity contribution in [3.63, 3.8) is 0 Å². The van der Waals surface area contributed by atoms with Crippen LogP contribution >= 0.6 is 11.3 Å². The predicted molar refractivity (Wildman–Crippen MR) is 181 cm³/mol. The SMILES string of the molecule is Cc1cc(S(=O)(=O)Nc2ccc(Oc3ccc4cc(C(=O)N5CCN(Cc6ccc(OCC(F)(F)F)cc6)CC5)n(C)c4c3)nc2)c(C)s1. The second kappa shape index (κ2) is 13.7. The quantitative estimate of drug-likeness (QED) is 0.171. The van der Waals surface area contributed by atoms with Gasteiger partial charge in [0.25, 0.3) is 15.9 Å². The zero-order chi connectivity index (χ0) is 34.9. The number of aryl methyl sites for hydroxylation is 3. The molecular formula is C34H34F3N5O5S2. The molecule has 2 aromatic carbocycles. The minimum Gasteiger partial charge on any atom is -0.484 e. The van der Waals surface area contributed by atoms with E-state index in [0.717, 1.165) is 21.3 Å². The van der Waals surface area contributed by atoms with Crippen LogP contribution in [0.1, 0.15) is 25.8 Å². The summed E-state index contributed by atoms with van der Waals surface area (Å²) in [5, 5.41) is 0.871. The molecule has 0 aliphatic carbocycles. The molecule has 3 aromatic heterocycles. The topological polar surface area (TPSA) is 106 Å². The Labute approximate surface area is 285 Å². The fourth-order valence-electron chi connectivity index (χ4n) is 5.67. The van der Waals surface area contributed by atoms with Gasteiger partial charge in [0.05, 0.1) is 17.4 Å². The van der Waals surface area contributed by atoms with Crippen LogP contribution in [0.25, 0.3) is 10.9 Å². The van der Waals surface area contributed by atoms with Crippen molar-refractivity contribution in [1.82, 2.24) is 19.4 Å². The number of hydrogen-bond donors (Lipinski definition) is 1. The average molecular weight is 714 g/mol. The highest BCUT2D eigenvalue weighted by Gasteiger charge is 2.28. The van der Waals surface area contributed by atoms with E-state index in [0.29, 0.717) is 54.7 Å². The Bertz CT molecular complexity index is 2070. The summed E-state index contributed by atoms with van der Waals surface area (Å²) in [6.07, 6.45) is -2.99. The highest BCUT2D eigenvalue weighted by Crippen LogP contribution is 2.30. The van der Waals surface area contributed by atoms with Gasteiger partial charge in [-0.05, 0) is 61.9 Å². The molecule has 1 amide bonds. The number of alkyl halides is 3. The maximum absolute atomic E-state index is 13.5. The summed E-state index contributed by atoms with van der Waals surface area (Å²) in [4.78, 5) is 23.7. The van der Waals surface area contributed by atoms with Gasteiger partial charge in [-0.1, -0.05) is 12.1 Å². The van der Waals surface area contributed by atoms with Crippen molar-refractivity contribution in [2.24, 2.45) is 7.05 Å². The van der Waals surface area contributed by atoms with Crippen LogP contribution in [0.15, 0.2) is 77.8 Å². The number of carbonyl (C=O) groups is 1. The van der Waals surface area contributed by atoms with Crippen LogP contribution in [0.2, 0.25) is 0 Å². The molecule has 0 radical (unpaired) electrons. The van der Waals surface area contributed by atoms with Crippen molar-refractivity contribution in [1.29, 1.82) is 0 Å². The highest BCUT2D eigenvalue weighted by atomic mass is 32.2. The van der Waals surface area contributed by atoms with E-state index in [4.69, 9.17) is 9.47 Å². The number of ether oxygens (including phenoxy) is 2. The minimum atomic E-state index is -4.39. The van der Waals surface area contributed by atoms with Gasteiger partial charge in [-0.2, -0.15) is 13.2 Å². The Hall–Kier alpha value is -4.60. The standard InChI is InChI=1S/C34H34F3N5O5S2/c1-22-16-31(23(2)48-22)49(44,45)39-26-7-11-32(38-19-26)47-28-10-6-25-17-30(40(3)29(25)18-28)33(43)42-14-12-41(13-15-42)20-24-4-8-27(9-5-24)46-21-34(35,36)37/h4-11,16-19,39H,12-15,20-21H2,1-3H3. The number of amides is 1. The van der Waals surface area contributed by atoms with Crippen molar-refractivity contribution in [3.8, 4) is 17.4 Å². The Morgan fingerprint density at radius 1 is 0.959 bits per heavy atom. The summed E-state index contributed by atoms with van der Waals surface area (Å²) in [5.74, 6) is 0.864. The van der Waals surface area contributed by atoms with Crippen LogP contribution in [-0.4, -0.2) is 72.6 Å². The molecule has 1 aliphatic rings. The van der Waals surface area contributed by atoms with Crippen molar-refractivity contribution >= 4 is 43.9 Å². The number of nitrogens with one attached hydrogen (secondary N) is 1. The summed E-state index contributed by atoms with van der Waals surface area (Å²) < 4.78 is 78.0. The van der Waals surface area contributed by atoms with Crippen molar-refractivity contribution in [2.75, 3.05) is 37.5 Å². The largest absolute Gasteiger partial charge is 0.484 e. The van der Waals surface area contributed by atoms with E-state index in [9.17, 15) is 26.4 Å². The first-order chi connectivity index (χ1) is 23.2. The number of carbonyl (C=O) groups excluding carboxylic acids is 1. The average Bonchev–Trinajstić information content (AvgIpc) is 3.59. The molecule has 6 rings (SSSR count). The van der Waals surface area contributed by atoms with Crippen LogP contribution in [-0.2, 0) is 23.6 Å². The number of piperazine rings is 1. The molecule has 0 atom stereocenters. The lowest BCUT2D eigenvalue weighted by atomic mass is 10.2. The number of halogens is 3. The van der Waals surface area contributed by atoms with Crippen molar-refractivity contribution < 1.29 is 35.9 Å². The fraction of sp³-hybridized carbons (Fsp3) is 0.294. The Kier molecular flexibility index (Phi) is 9.60. The van der Waals surface area contributed by atoms with Crippen LogP contribution in [0, 0.1) is 13.8 Å². The number of rotatable bonds is 10. The van der Waals surface area contributed by atoms with Crippen molar-refractivity contribution in [3.05, 3.63) is 93.9 Å². The number of pyridine rings is 1. The Morgan fingerprint density at radius 2 is 1.67 bits per heavy atom. The molecule has 5 aromatic rings. The maximum Gasteiger partial charge on any atom is 0.422 e. The molecule has 0 saturated carbocycles. The first-order valence-electron chi connectivity index (χ1n) is 15.4. The van der Waals surface area contributed by atoms with E-state index in [1.807, 2.05) is 41.6 Å². The summed E-state index contributed by atoms with van der Waals surface area (Å²) in [6, 6.07) is 18.7. The van der Waals surface area contributed by atoms with E-state index in [1.165, 1.54) is 29.7 Å². The Balaban J connectivity index is 1.04. The van der Waals surface area contributed by atoms with Gasteiger partial charge in [0, 0.05) is 67.0 Å². The summed E-state index contributed by atoms with van der Waals surface area (Å²) >= 11 is 1.42. The van der Waals surface area contributed by atoms with Crippen LogP contribution in [0.4, 0.5) is 18.9 Å². The van der Waals surface area contributed by atoms with Gasteiger partial charge in [-0.15, -0.1) is 11.3 Å². The van der Waals surface area contributed by atoms with E-state index >= 15 is 0 Å². The minimum absolute atomic E-state index is 0.0838. The maximum atomic E-state index is 13.5. The number of aromatic nitrogens is 2. The van der Waals surface area contributed by atoms with Gasteiger partial charge in [-0.25, -0.2) is 13.4 Å². The van der Waals surface area contributed by atoms with E-state index in [2.05, 4.69) is 14.6 Å². The third-order valence-corrected chi connectivity index (χ3v) is 10.7. The Morgan fingerprint density at radius 3 is 2.31 bits per heavy atom. The molecule has 0 unspecified atom stereocenters. The van der Waals surface area contributed by atoms with Gasteiger partial charge in [0.2, 0.25) is 5.88 Å². The van der Waals surface area contributed by atoms with E-state index < -0.39 is 22.8 Å². The summed E-state index contributed by atoms with van der Waals surface area (Å²) in [6.45, 7) is 5.29. The van der Waals surface area contributed by atoms with Gasteiger partial charge in [0.1, 0.15) is 22.1 Å². The molecule has 10 nitrogen and oxygen atoms in total. The van der Waals surface area contributed by atoms with E-state index in [-0.39, 0.29) is 22.4 Å². The highest BCUT2D eigenvalue weighted by molar-refractivity contribution is 7.93. The monoisotopic (exact) mass is 713 g/mol. The number of hydrogen-bond acceptors (Lipinski definition) is 8. The van der Waals surface area contributed by atoms with Gasteiger partial charge < -0.3 is 18.9 Å². The van der Waals surface area contributed by atoms with Crippen LogP contribution in [0.3, 0.4) is 0 Å². The molecule has 15 heteroatoms. The van der Waals surface area contributed by atoms with Gasteiger partial charge >= 0.3 is 6.18 Å². The molecular weight excluding hydrogens is 680 g/mol. The molecule has 258 valence electrons. The van der Waals surface area contributed by atoms with Crippen molar-refractivity contribution in [2.45, 2.75) is 31.5 Å². The molecule has 49 heavy (non-hydrogen) atoms. The molecule has 1 fully saturated rings. The number of anilines is 1. The molecule has 1 saturated heterocycles. The molecule has 0 bridgehead atoms. The molecule has 0 spiro atoms. The second-order valence-corrected chi connectivity index (χ2v) is 14.9. The predicted octanol–water partition coefficient (Wildman–Crippen LogP) is 6.74. The molecule has 1 N–H and O–H groups in total. The van der Waals surface area contributed by atoms with Crippen LogP contribution in [0.5, 0.6) is 17.4 Å². The summed E-state index contributed by atoms with van der Waals surface area (Å²) in [7, 11) is -1.92. The third-order valence-electron chi connectivity index (χ3n) is 8.12. The lowest BCUT2D eigenvalue weighted by Gasteiger charge is -2.34. The molecule has 1 aliphatic heterocycles. The number of nitrogens with zero attached hydrogens (tertiary/aromatic N) is 4. The zero-order valence-corrected chi connectivity index (χ0v) is 28.6. The normalized spacial score (nSPS) is 14.3. The zero-order valence-electron chi connectivity index (χ0n) is 27.0. The van der Waals surface area contributed by atoms with E-state index in [1.54, 1.807) is 43.3 Å². The first-order valence-corrected chi connectivity index (χ1v) is 17.7. The fourth-order valence-corrected chi connectivity index (χ4v) is 8.27. The number of sulfonamides is 1. The molecule has 4 heterocycles. The third kappa shape index (κ3) is 8.17.